The Labute approximate surface area is 107 Å². The first-order valence-electron chi connectivity index (χ1n) is 6.34. The number of hydrogen-bond acceptors (Lipinski definition) is 4. The van der Waals surface area contributed by atoms with E-state index in [2.05, 4.69) is 12.2 Å². The minimum Gasteiger partial charge on any atom is -0.487 e. The van der Waals surface area contributed by atoms with E-state index >= 15 is 0 Å². The molecule has 18 heavy (non-hydrogen) atoms. The highest BCUT2D eigenvalue weighted by molar-refractivity contribution is 5.57. The monoisotopic (exact) mass is 252 g/mol. The number of nitro benzene ring substituents is 1. The predicted molar refractivity (Wildman–Crippen MR) is 72.3 cm³/mol. The number of nitrogens with one attached hydrogen (secondary N) is 1. The molecule has 0 aromatic heterocycles. The number of rotatable bonds is 8. The highest BCUT2D eigenvalue weighted by Gasteiger charge is 2.14. The van der Waals surface area contributed by atoms with Gasteiger partial charge < -0.3 is 10.1 Å². The second-order valence-corrected chi connectivity index (χ2v) is 4.01. The first-order valence-corrected chi connectivity index (χ1v) is 6.34. The first-order chi connectivity index (χ1) is 8.69. The lowest BCUT2D eigenvalue weighted by molar-refractivity contribution is -0.385. The highest BCUT2D eigenvalue weighted by atomic mass is 16.6. The van der Waals surface area contributed by atoms with Crippen molar-refractivity contribution in [3.05, 3.63) is 28.3 Å². The van der Waals surface area contributed by atoms with E-state index in [-0.39, 0.29) is 5.69 Å². The zero-order chi connectivity index (χ0) is 13.4. The average Bonchev–Trinajstić information content (AvgIpc) is 2.35. The van der Waals surface area contributed by atoms with Crippen molar-refractivity contribution in [2.24, 2.45) is 0 Å². The lowest BCUT2D eigenvalue weighted by Crippen LogP contribution is -2.03. The number of unbranched alkanes of at least 4 members (excludes halogenated alkanes) is 2. The number of ether oxygens (including phenoxy) is 1. The average molecular weight is 252 g/mol. The molecule has 0 heterocycles. The van der Waals surface area contributed by atoms with Crippen LogP contribution in [0.2, 0.25) is 0 Å². The smallest absolute Gasteiger partial charge is 0.311 e. The molecule has 0 unspecified atom stereocenters. The maximum Gasteiger partial charge on any atom is 0.311 e. The Morgan fingerprint density at radius 2 is 2.11 bits per heavy atom. The fourth-order valence-corrected chi connectivity index (χ4v) is 1.65. The van der Waals surface area contributed by atoms with Gasteiger partial charge in [-0.2, -0.15) is 0 Å². The highest BCUT2D eigenvalue weighted by Crippen LogP contribution is 2.30. The molecule has 0 fully saturated rings. The van der Waals surface area contributed by atoms with Gasteiger partial charge in [-0.1, -0.05) is 19.8 Å². The Hall–Kier alpha value is -1.78. The van der Waals surface area contributed by atoms with Crippen LogP contribution >= 0.6 is 0 Å². The van der Waals surface area contributed by atoms with Crippen molar-refractivity contribution in [2.75, 3.05) is 18.5 Å². The van der Waals surface area contributed by atoms with Gasteiger partial charge in [-0.15, -0.1) is 0 Å². The fraction of sp³-hybridized carbons (Fsp3) is 0.538. The summed E-state index contributed by atoms with van der Waals surface area (Å²) in [4.78, 5) is 10.4. The minimum absolute atomic E-state index is 0.0101. The molecule has 0 atom stereocenters. The second kappa shape index (κ2) is 7.53. The minimum atomic E-state index is -0.425. The maximum absolute atomic E-state index is 10.8. The van der Waals surface area contributed by atoms with E-state index < -0.39 is 4.92 Å². The van der Waals surface area contributed by atoms with Gasteiger partial charge in [-0.25, -0.2) is 0 Å². The fourth-order valence-electron chi connectivity index (χ4n) is 1.65. The molecule has 0 spiro atoms. The molecule has 5 nitrogen and oxygen atoms in total. The molecular formula is C13H20N2O3. The van der Waals surface area contributed by atoms with Crippen molar-refractivity contribution in [1.82, 2.24) is 0 Å². The van der Waals surface area contributed by atoms with Crippen LogP contribution in [0.4, 0.5) is 11.4 Å². The van der Waals surface area contributed by atoms with Crippen molar-refractivity contribution in [2.45, 2.75) is 33.1 Å². The molecule has 0 amide bonds. The van der Waals surface area contributed by atoms with Gasteiger partial charge in [0.25, 0.3) is 0 Å². The van der Waals surface area contributed by atoms with E-state index in [0.717, 1.165) is 18.7 Å². The summed E-state index contributed by atoms with van der Waals surface area (Å²) in [5.74, 6) is 0.322. The molecule has 0 saturated carbocycles. The van der Waals surface area contributed by atoms with E-state index in [1.54, 1.807) is 12.1 Å². The summed E-state index contributed by atoms with van der Waals surface area (Å²) >= 11 is 0. The summed E-state index contributed by atoms with van der Waals surface area (Å²) in [5.41, 5.74) is 0.871. The largest absolute Gasteiger partial charge is 0.487 e. The van der Waals surface area contributed by atoms with E-state index in [9.17, 15) is 10.1 Å². The Bertz CT molecular complexity index is 394. The third-order valence-electron chi connectivity index (χ3n) is 2.57. The van der Waals surface area contributed by atoms with Crippen molar-refractivity contribution in [1.29, 1.82) is 0 Å². The van der Waals surface area contributed by atoms with Crippen LogP contribution in [0.15, 0.2) is 18.2 Å². The van der Waals surface area contributed by atoms with Gasteiger partial charge in [0.1, 0.15) is 0 Å². The molecule has 1 aromatic rings. The first kappa shape index (κ1) is 14.3. The third kappa shape index (κ3) is 4.24. The molecule has 100 valence electrons. The Morgan fingerprint density at radius 1 is 1.33 bits per heavy atom. The summed E-state index contributed by atoms with van der Waals surface area (Å²) in [5, 5.41) is 14.1. The molecule has 1 rings (SSSR count). The molecule has 5 heteroatoms. The van der Waals surface area contributed by atoms with E-state index in [1.165, 1.54) is 18.9 Å². The number of nitro groups is 1. The maximum atomic E-state index is 10.8. The lowest BCUT2D eigenvalue weighted by Gasteiger charge is -2.09. The molecule has 0 aliphatic carbocycles. The van der Waals surface area contributed by atoms with E-state index in [1.807, 2.05) is 6.92 Å². The molecule has 0 bridgehead atoms. The number of nitrogens with zero attached hydrogens (tertiary/aromatic N) is 1. The summed E-state index contributed by atoms with van der Waals surface area (Å²) in [7, 11) is 0. The molecule has 0 radical (unpaired) electrons. The van der Waals surface area contributed by atoms with Gasteiger partial charge >= 0.3 is 5.69 Å². The van der Waals surface area contributed by atoms with Gasteiger partial charge in [0.15, 0.2) is 5.75 Å². The molecule has 0 saturated heterocycles. The van der Waals surface area contributed by atoms with E-state index in [4.69, 9.17) is 4.74 Å². The van der Waals surface area contributed by atoms with Crippen LogP contribution in [0, 0.1) is 10.1 Å². The van der Waals surface area contributed by atoms with Gasteiger partial charge in [0.2, 0.25) is 0 Å². The third-order valence-corrected chi connectivity index (χ3v) is 2.57. The van der Waals surface area contributed by atoms with Crippen molar-refractivity contribution < 1.29 is 9.66 Å². The van der Waals surface area contributed by atoms with Gasteiger partial charge in [-0.05, 0) is 19.4 Å². The van der Waals surface area contributed by atoms with Crippen LogP contribution in [-0.4, -0.2) is 18.1 Å². The summed E-state index contributed by atoms with van der Waals surface area (Å²) in [6.07, 6.45) is 3.45. The number of hydrogen-bond donors (Lipinski definition) is 1. The van der Waals surface area contributed by atoms with Crippen LogP contribution in [-0.2, 0) is 0 Å². The predicted octanol–water partition coefficient (Wildman–Crippen LogP) is 3.60. The Morgan fingerprint density at radius 3 is 2.72 bits per heavy atom. The van der Waals surface area contributed by atoms with Crippen LogP contribution in [0.1, 0.15) is 33.1 Å². The zero-order valence-corrected chi connectivity index (χ0v) is 10.9. The molecule has 0 aliphatic rings. The van der Waals surface area contributed by atoms with Gasteiger partial charge in [0, 0.05) is 24.4 Å². The lowest BCUT2D eigenvalue weighted by atomic mass is 10.2. The van der Waals surface area contributed by atoms with Crippen LogP contribution in [0.25, 0.3) is 0 Å². The molecule has 0 aliphatic heterocycles. The topological polar surface area (TPSA) is 64.4 Å². The summed E-state index contributed by atoms with van der Waals surface area (Å²) in [6.45, 7) is 5.25. The molecular weight excluding hydrogens is 232 g/mol. The van der Waals surface area contributed by atoms with Crippen LogP contribution in [0.5, 0.6) is 5.75 Å². The van der Waals surface area contributed by atoms with Gasteiger partial charge in [0.05, 0.1) is 11.5 Å². The quantitative estimate of drug-likeness (QED) is 0.436. The normalized spacial score (nSPS) is 10.1. The van der Waals surface area contributed by atoms with Crippen LogP contribution in [0.3, 0.4) is 0 Å². The molecule has 1 aromatic carbocycles. The zero-order valence-electron chi connectivity index (χ0n) is 10.9. The van der Waals surface area contributed by atoms with Crippen molar-refractivity contribution >= 4 is 11.4 Å². The van der Waals surface area contributed by atoms with Crippen molar-refractivity contribution in [3.63, 3.8) is 0 Å². The van der Waals surface area contributed by atoms with Crippen molar-refractivity contribution in [3.8, 4) is 5.75 Å². The standard InChI is InChI=1S/C13H20N2O3/c1-3-5-6-9-14-11-7-8-12(15(16)17)13(10-11)18-4-2/h7-8,10,14H,3-6,9H2,1-2H3. The van der Waals surface area contributed by atoms with Crippen LogP contribution < -0.4 is 10.1 Å². The van der Waals surface area contributed by atoms with E-state index in [0.29, 0.717) is 12.4 Å². The summed E-state index contributed by atoms with van der Waals surface area (Å²) in [6, 6.07) is 4.88. The number of anilines is 1. The summed E-state index contributed by atoms with van der Waals surface area (Å²) < 4.78 is 5.28. The van der Waals surface area contributed by atoms with Gasteiger partial charge in [-0.3, -0.25) is 10.1 Å². The SMILES string of the molecule is CCCCCNc1ccc([N+](=O)[O-])c(OCC)c1. The molecule has 1 N–H and O–H groups in total. The number of benzene rings is 1. The second-order valence-electron chi connectivity index (χ2n) is 4.01. The Kier molecular flexibility index (Phi) is 5.97. The Balaban J connectivity index is 2.70.